The number of carboxylic acids is 6. The molecule has 12 aromatic carbocycles. The summed E-state index contributed by atoms with van der Waals surface area (Å²) in [4.78, 5) is 172. The lowest BCUT2D eigenvalue weighted by Gasteiger charge is -2.19. The van der Waals surface area contributed by atoms with Crippen LogP contribution in [0.5, 0.6) is 34.5 Å². The number of hydrogen-bond acceptors (Lipinski definition) is 27. The highest BCUT2D eigenvalue weighted by atomic mass is 16.6. The number of aromatic carboxylic acids is 6. The van der Waals surface area contributed by atoms with Crippen LogP contribution in [0.2, 0.25) is 0 Å². The fourth-order valence-electron chi connectivity index (χ4n) is 12.8. The van der Waals surface area contributed by atoms with Gasteiger partial charge in [0.1, 0.15) is 74.1 Å². The second-order valence-corrected chi connectivity index (χ2v) is 32.1. The van der Waals surface area contributed by atoms with Crippen molar-refractivity contribution in [2.75, 3.05) is 14.2 Å². The van der Waals surface area contributed by atoms with Crippen molar-refractivity contribution in [1.82, 2.24) is 0 Å². The molecule has 0 atom stereocenters. The van der Waals surface area contributed by atoms with Gasteiger partial charge in [-0.25, -0.2) is 67.1 Å². The number of ether oxygens (including phenoxy) is 11. The van der Waals surface area contributed by atoms with Gasteiger partial charge in [-0.3, -0.25) is 0 Å². The molecule has 12 rings (SSSR count). The fourth-order valence-corrected chi connectivity index (χ4v) is 12.8. The molecular weight excluding hydrogens is 1780 g/mol. The van der Waals surface area contributed by atoms with Crippen molar-refractivity contribution in [3.05, 3.63) is 388 Å². The Morgan fingerprint density at radius 2 is 0.387 bits per heavy atom. The molecule has 704 valence electrons. The van der Waals surface area contributed by atoms with Crippen LogP contribution in [-0.4, -0.2) is 139 Å². The van der Waals surface area contributed by atoms with Crippen LogP contribution in [0.3, 0.4) is 0 Å². The number of hydrogen-bond donors (Lipinski definition) is 8. The number of carbonyl (C=O) groups is 14. The lowest BCUT2D eigenvalue weighted by atomic mass is 9.87. The zero-order chi connectivity index (χ0) is 99.5. The van der Waals surface area contributed by atoms with Gasteiger partial charge in [-0.2, -0.15) is 0 Å². The molecule has 0 fully saturated rings. The molecule has 0 saturated heterocycles. The monoisotopic (exact) mass is 1870 g/mol. The fraction of sp³-hybridized carbons (Fsp3) is 0.173. The van der Waals surface area contributed by atoms with Gasteiger partial charge in [0, 0.05) is 0 Å². The van der Waals surface area contributed by atoms with Gasteiger partial charge < -0.3 is 93.0 Å². The Kier molecular flexibility index (Phi) is 34.6. The molecule has 137 heavy (non-hydrogen) atoms. The van der Waals surface area contributed by atoms with Crippen molar-refractivity contribution >= 4 is 83.6 Å². The number of methoxy groups -OCH3 is 2. The number of rotatable bonds is 34. The number of aliphatic hydroxyl groups excluding tert-OH is 2. The van der Waals surface area contributed by atoms with E-state index in [9.17, 15) is 97.8 Å². The largest absolute Gasteiger partial charge is 0.478 e. The lowest BCUT2D eigenvalue weighted by molar-refractivity contribution is 0.0457. The van der Waals surface area contributed by atoms with Crippen LogP contribution in [0.25, 0.3) is 0 Å². The highest BCUT2D eigenvalue weighted by Gasteiger charge is 2.29. The zero-order valence-corrected chi connectivity index (χ0v) is 74.7. The summed E-state index contributed by atoms with van der Waals surface area (Å²) in [5.74, 6) is -14.8. The first kappa shape index (κ1) is 102. The Bertz CT molecular complexity index is 6520. The van der Waals surface area contributed by atoms with Crippen molar-refractivity contribution < 1.29 is 160 Å². The van der Waals surface area contributed by atoms with Gasteiger partial charge in [0.15, 0.2) is 0 Å². The van der Waals surface area contributed by atoms with Crippen LogP contribution in [0.1, 0.15) is 242 Å². The summed E-state index contributed by atoms with van der Waals surface area (Å²) in [6.07, 6.45) is 0. The van der Waals surface area contributed by atoms with Crippen molar-refractivity contribution in [3.8, 4) is 34.5 Å². The van der Waals surface area contributed by atoms with E-state index in [1.165, 1.54) is 105 Å². The highest BCUT2D eigenvalue weighted by Crippen LogP contribution is 2.34. The van der Waals surface area contributed by atoms with Crippen molar-refractivity contribution in [3.63, 3.8) is 0 Å². The number of carboxylic acid groups (broad SMARTS) is 6. The Morgan fingerprint density at radius 1 is 0.212 bits per heavy atom. The van der Waals surface area contributed by atoms with Gasteiger partial charge in [-0.15, -0.1) is 0 Å². The molecule has 0 amide bonds. The summed E-state index contributed by atoms with van der Waals surface area (Å²) >= 11 is 0. The second kappa shape index (κ2) is 46.6. The molecule has 33 heteroatoms. The minimum absolute atomic E-state index is 0.0000855. The molecule has 0 spiro atoms. The molecule has 8 N–H and O–H groups in total. The summed E-state index contributed by atoms with van der Waals surface area (Å²) in [6.45, 7) is 11.4. The van der Waals surface area contributed by atoms with Crippen molar-refractivity contribution in [2.24, 2.45) is 0 Å². The van der Waals surface area contributed by atoms with Gasteiger partial charge in [0.2, 0.25) is 0 Å². The molecule has 0 bridgehead atoms. The third-order valence-corrected chi connectivity index (χ3v) is 20.4. The third kappa shape index (κ3) is 28.3. The van der Waals surface area contributed by atoms with Crippen molar-refractivity contribution in [1.29, 1.82) is 0 Å². The lowest BCUT2D eigenvalue weighted by Crippen LogP contribution is -2.13. The van der Waals surface area contributed by atoms with E-state index in [4.69, 9.17) is 52.8 Å². The number of carbonyl (C=O) groups excluding carboxylic acids is 8. The zero-order valence-electron chi connectivity index (χ0n) is 74.7. The molecule has 0 aliphatic rings. The Morgan fingerprint density at radius 3 is 0.577 bits per heavy atom. The predicted octanol–water partition coefficient (Wildman–Crippen LogP) is 17.9. The maximum absolute atomic E-state index is 13.0. The quantitative estimate of drug-likeness (QED) is 0.0137. The molecule has 0 aromatic heterocycles. The van der Waals surface area contributed by atoms with Gasteiger partial charge in [0.25, 0.3) is 0 Å². The van der Waals surface area contributed by atoms with Crippen LogP contribution >= 0.6 is 0 Å². The Hall–Kier alpha value is -17.5. The van der Waals surface area contributed by atoms with Gasteiger partial charge in [-0.1, -0.05) is 163 Å². The van der Waals surface area contributed by atoms with Crippen molar-refractivity contribution in [2.45, 2.75) is 105 Å². The van der Waals surface area contributed by atoms with Crippen LogP contribution in [-0.2, 0) is 102 Å². The SMILES string of the molecule is CC(C)(C)c1ccc(COC(=O)c2ccc(Oc3ccc(C(=O)O)c(C(=O)OCc4ccc(C(C)(C)C)cc4)c3)cc2C(=O)O)cc1.COC(=O)c1ccc(COC(=O)c2ccc(Oc3ccc(C(=O)O)c(C(=O)OCc4ccc(C(=O)OC)cc4)c3)cc2C(=O)O)cc1.O=C(O)c1cc(Oc2ccc(C(=O)O)c(C(=O)OCc3ccc(CO)cc3)c2)ccc1C(=O)OCc1ccc(CO)cc1. The average molecular weight is 1870 g/mol. The van der Waals surface area contributed by atoms with Crippen LogP contribution < -0.4 is 14.2 Å². The molecule has 0 saturated carbocycles. The molecule has 33 nitrogen and oxygen atoms in total. The van der Waals surface area contributed by atoms with E-state index in [0.717, 1.165) is 64.7 Å². The first-order valence-electron chi connectivity index (χ1n) is 41.4. The molecule has 0 radical (unpaired) electrons. The molecule has 0 unspecified atom stereocenters. The minimum Gasteiger partial charge on any atom is -0.478 e. The molecule has 12 aromatic rings. The number of aliphatic hydroxyl groups is 2. The molecule has 0 aliphatic carbocycles. The first-order chi connectivity index (χ1) is 65.2. The van der Waals surface area contributed by atoms with E-state index < -0.39 is 94.7 Å². The van der Waals surface area contributed by atoms with Gasteiger partial charge >= 0.3 is 83.6 Å². The van der Waals surface area contributed by atoms with E-state index >= 15 is 0 Å². The van der Waals surface area contributed by atoms with E-state index in [0.29, 0.717) is 44.5 Å². The summed E-state index contributed by atoms with van der Waals surface area (Å²) in [6, 6.07) is 62.5. The summed E-state index contributed by atoms with van der Waals surface area (Å²) < 4.78 is 58.4. The predicted molar refractivity (Wildman–Crippen MR) is 486 cm³/mol. The molecular formula is C104H90O33. The first-order valence-corrected chi connectivity index (χ1v) is 41.4. The van der Waals surface area contributed by atoms with E-state index in [1.54, 1.807) is 72.8 Å². The highest BCUT2D eigenvalue weighted by molar-refractivity contribution is 6.07. The van der Waals surface area contributed by atoms with E-state index in [-0.39, 0.29) is 154 Å². The third-order valence-electron chi connectivity index (χ3n) is 20.4. The van der Waals surface area contributed by atoms with Gasteiger partial charge in [0.05, 0.1) is 105 Å². The topological polar surface area (TPSA) is 502 Å². The maximum atomic E-state index is 13.0. The van der Waals surface area contributed by atoms with E-state index in [1.807, 2.05) is 48.5 Å². The normalized spacial score (nSPS) is 10.8. The van der Waals surface area contributed by atoms with E-state index in [2.05, 4.69) is 51.0 Å². The summed E-state index contributed by atoms with van der Waals surface area (Å²) in [5, 5.41) is 76.4. The summed E-state index contributed by atoms with van der Waals surface area (Å²) in [7, 11) is 2.49. The Labute approximate surface area is 782 Å². The van der Waals surface area contributed by atoms with Gasteiger partial charge in [-0.05, 0) is 200 Å². The second-order valence-electron chi connectivity index (χ2n) is 32.1. The molecule has 0 heterocycles. The van der Waals surface area contributed by atoms with Crippen LogP contribution in [0.15, 0.2) is 255 Å². The number of benzene rings is 12. The average Bonchev–Trinajstić information content (AvgIpc) is 0.812. The van der Waals surface area contributed by atoms with Crippen LogP contribution in [0.4, 0.5) is 0 Å². The number of esters is 8. The smallest absolute Gasteiger partial charge is 0.339 e. The maximum Gasteiger partial charge on any atom is 0.339 e. The summed E-state index contributed by atoms with van der Waals surface area (Å²) in [5.41, 5.74) is 4.24. The standard InChI is InChI=1S/C38H38O9.C34H26O13.C32H26O11/c1-37(2,3)25-11-7-23(8-12-25)21-45-35(43)30-18-16-27(19-31(30)34(41)42)47-28-15-17-29(33(39)40)32(20-28)36(44)46-22-24-9-13-26(14-10-24)38(4,5)6;1-43-31(39)21-7-3-19(4-8-21)17-45-33(41)26-14-12-23(15-27(26)30(37)38)47-24-11-13-25(29(35)36)28(16-24)34(42)46-18-20-5-9-22(10-6-20)32(40)44-2;33-15-19-1-5-21(6-2-19)17-41-31(39)26-12-10-23(13-27(26)30(37)38)43-24-9-11-25(29(35)36)28(14-24)32(40)42-18-22-7-3-20(16-34)4-8-22/h7-20H,21-22H2,1-6H3,(H,39,40)(H,41,42);3-16H,17-18H2,1-2H3,(H,35,36)(H,37,38);1-14,33-34H,15-18H2,(H,35,36)(H,37,38). The molecule has 0 aliphatic heterocycles. The Balaban J connectivity index is 0.000000212. The van der Waals surface area contributed by atoms with Crippen LogP contribution in [0, 0.1) is 0 Å². The minimum atomic E-state index is -1.45.